The molecule has 0 spiro atoms. The Balaban J connectivity index is 2.20. The van der Waals surface area contributed by atoms with Crippen molar-refractivity contribution in [1.29, 1.82) is 0 Å². The molecule has 2 atom stereocenters. The highest BCUT2D eigenvalue weighted by Gasteiger charge is 2.16. The van der Waals surface area contributed by atoms with Gasteiger partial charge in [-0.3, -0.25) is 4.98 Å². The minimum atomic E-state index is -0.186. The van der Waals surface area contributed by atoms with Gasteiger partial charge in [0, 0.05) is 18.7 Å². The molecule has 1 unspecified atom stereocenters. The number of hydrogen-bond acceptors (Lipinski definition) is 3. The van der Waals surface area contributed by atoms with Gasteiger partial charge in [0.1, 0.15) is 5.82 Å². The van der Waals surface area contributed by atoms with Gasteiger partial charge in [-0.1, -0.05) is 25.1 Å². The summed E-state index contributed by atoms with van der Waals surface area (Å²) < 4.78 is 13.9. The maximum Gasteiger partial charge on any atom is 0.128 e. The van der Waals surface area contributed by atoms with Gasteiger partial charge in [-0.15, -0.1) is 0 Å². The quantitative estimate of drug-likeness (QED) is 0.908. The fraction of sp³-hybridized carbons (Fsp3) is 0.353. The van der Waals surface area contributed by atoms with Crippen molar-refractivity contribution in [3.05, 3.63) is 59.7 Å². The molecule has 0 radical (unpaired) electrons. The zero-order chi connectivity index (χ0) is 15.4. The van der Waals surface area contributed by atoms with Crippen molar-refractivity contribution in [3.8, 4) is 0 Å². The Kier molecular flexibility index (Phi) is 4.91. The van der Waals surface area contributed by atoms with Gasteiger partial charge in [-0.2, -0.15) is 0 Å². The zero-order valence-corrected chi connectivity index (χ0v) is 12.8. The second-order valence-corrected chi connectivity index (χ2v) is 5.26. The van der Waals surface area contributed by atoms with Crippen LogP contribution in [0.25, 0.3) is 0 Å². The summed E-state index contributed by atoms with van der Waals surface area (Å²) in [5, 5.41) is 0. The monoisotopic (exact) mass is 287 g/mol. The van der Waals surface area contributed by atoms with Crippen molar-refractivity contribution < 1.29 is 4.39 Å². The topological polar surface area (TPSA) is 42.1 Å². The number of hydrogen-bond donors (Lipinski definition) is 1. The molecule has 1 heterocycles. The first kappa shape index (κ1) is 15.4. The number of pyridine rings is 1. The Hall–Kier alpha value is -1.94. The number of anilines is 1. The number of benzene rings is 1. The van der Waals surface area contributed by atoms with Crippen LogP contribution in [0.15, 0.2) is 42.6 Å². The molecule has 112 valence electrons. The molecule has 0 saturated heterocycles. The van der Waals surface area contributed by atoms with Crippen LogP contribution in [-0.4, -0.2) is 12.0 Å². The summed E-state index contributed by atoms with van der Waals surface area (Å²) in [6, 6.07) is 10.7. The van der Waals surface area contributed by atoms with Crippen LogP contribution in [0.2, 0.25) is 0 Å². The van der Waals surface area contributed by atoms with Gasteiger partial charge in [0.15, 0.2) is 0 Å². The highest BCUT2D eigenvalue weighted by Crippen LogP contribution is 2.27. The van der Waals surface area contributed by atoms with E-state index in [0.29, 0.717) is 5.56 Å². The minimum absolute atomic E-state index is 0.0339. The normalized spacial score (nSPS) is 13.8. The molecule has 4 heteroatoms. The molecule has 1 aromatic heterocycles. The fourth-order valence-electron chi connectivity index (χ4n) is 2.28. The van der Waals surface area contributed by atoms with Crippen molar-refractivity contribution in [1.82, 2.24) is 4.98 Å². The molecule has 1 aromatic carbocycles. The van der Waals surface area contributed by atoms with Crippen LogP contribution < -0.4 is 10.6 Å². The lowest BCUT2D eigenvalue weighted by Crippen LogP contribution is -2.23. The van der Waals surface area contributed by atoms with Crippen molar-refractivity contribution in [2.24, 2.45) is 5.73 Å². The van der Waals surface area contributed by atoms with Gasteiger partial charge in [0.25, 0.3) is 0 Å². The lowest BCUT2D eigenvalue weighted by atomic mass is 10.1. The minimum Gasteiger partial charge on any atom is -0.366 e. The average Bonchev–Trinajstić information content (AvgIpc) is 2.53. The van der Waals surface area contributed by atoms with Gasteiger partial charge in [0.05, 0.1) is 23.6 Å². The van der Waals surface area contributed by atoms with E-state index in [1.165, 1.54) is 6.07 Å². The van der Waals surface area contributed by atoms with E-state index in [-0.39, 0.29) is 17.9 Å². The van der Waals surface area contributed by atoms with E-state index < -0.39 is 0 Å². The first-order valence-electron chi connectivity index (χ1n) is 7.23. The summed E-state index contributed by atoms with van der Waals surface area (Å²) in [6.45, 7) is 4.01. The van der Waals surface area contributed by atoms with E-state index in [1.807, 2.05) is 50.1 Å². The molecular weight excluding hydrogens is 265 g/mol. The molecule has 0 aliphatic rings. The van der Waals surface area contributed by atoms with Crippen molar-refractivity contribution in [2.75, 3.05) is 11.9 Å². The smallest absolute Gasteiger partial charge is 0.128 e. The second kappa shape index (κ2) is 6.68. The number of nitrogens with zero attached hydrogens (tertiary/aromatic N) is 2. The van der Waals surface area contributed by atoms with E-state index in [4.69, 9.17) is 5.73 Å². The van der Waals surface area contributed by atoms with E-state index in [9.17, 15) is 4.39 Å². The summed E-state index contributed by atoms with van der Waals surface area (Å²) in [6.07, 6.45) is 2.65. The van der Waals surface area contributed by atoms with Gasteiger partial charge in [-0.25, -0.2) is 4.39 Å². The highest BCUT2D eigenvalue weighted by molar-refractivity contribution is 5.46. The number of rotatable bonds is 5. The highest BCUT2D eigenvalue weighted by atomic mass is 19.1. The average molecular weight is 287 g/mol. The van der Waals surface area contributed by atoms with Gasteiger partial charge >= 0.3 is 0 Å². The Bertz CT molecular complexity index is 583. The van der Waals surface area contributed by atoms with Crippen LogP contribution in [0.5, 0.6) is 0 Å². The first-order valence-corrected chi connectivity index (χ1v) is 7.23. The maximum absolute atomic E-state index is 13.9. The van der Waals surface area contributed by atoms with Gasteiger partial charge in [0.2, 0.25) is 0 Å². The van der Waals surface area contributed by atoms with Crippen molar-refractivity contribution >= 4 is 5.69 Å². The Morgan fingerprint density at radius 2 is 1.95 bits per heavy atom. The van der Waals surface area contributed by atoms with Crippen molar-refractivity contribution in [3.63, 3.8) is 0 Å². The molecule has 2 N–H and O–H groups in total. The van der Waals surface area contributed by atoms with Gasteiger partial charge in [-0.05, 0) is 31.5 Å². The molecule has 0 amide bonds. The first-order chi connectivity index (χ1) is 10.0. The second-order valence-electron chi connectivity index (χ2n) is 5.26. The Labute approximate surface area is 125 Å². The third-order valence-electron chi connectivity index (χ3n) is 3.93. The summed E-state index contributed by atoms with van der Waals surface area (Å²) in [4.78, 5) is 6.42. The molecule has 0 fully saturated rings. The van der Waals surface area contributed by atoms with Crippen LogP contribution in [0.3, 0.4) is 0 Å². The molecule has 0 aliphatic heterocycles. The third-order valence-corrected chi connectivity index (χ3v) is 3.93. The van der Waals surface area contributed by atoms with Crippen LogP contribution in [-0.2, 0) is 0 Å². The SMILES string of the molecule is CC[C@H](N)c1ccc(N(C)C(C)c2ccccc2F)cn1. The Morgan fingerprint density at radius 3 is 2.52 bits per heavy atom. The molecule has 3 nitrogen and oxygen atoms in total. The fourth-order valence-corrected chi connectivity index (χ4v) is 2.28. The lowest BCUT2D eigenvalue weighted by molar-refractivity contribution is 0.585. The lowest BCUT2D eigenvalue weighted by Gasteiger charge is -2.27. The molecule has 0 aliphatic carbocycles. The number of nitrogens with two attached hydrogens (primary N) is 1. The third kappa shape index (κ3) is 3.39. The van der Waals surface area contributed by atoms with E-state index in [2.05, 4.69) is 4.98 Å². The summed E-state index contributed by atoms with van der Waals surface area (Å²) in [7, 11) is 1.94. The summed E-state index contributed by atoms with van der Waals surface area (Å²) in [5.41, 5.74) is 8.47. The molecular formula is C17H22FN3. The number of aromatic nitrogens is 1. The molecule has 2 aromatic rings. The number of halogens is 1. The Morgan fingerprint density at radius 1 is 1.24 bits per heavy atom. The van der Waals surface area contributed by atoms with Crippen LogP contribution in [0.4, 0.5) is 10.1 Å². The largest absolute Gasteiger partial charge is 0.366 e. The van der Waals surface area contributed by atoms with E-state index in [0.717, 1.165) is 17.8 Å². The predicted octanol–water partition coefficient (Wildman–Crippen LogP) is 3.83. The van der Waals surface area contributed by atoms with Crippen LogP contribution in [0, 0.1) is 5.82 Å². The molecule has 21 heavy (non-hydrogen) atoms. The molecule has 0 saturated carbocycles. The van der Waals surface area contributed by atoms with Crippen LogP contribution in [0.1, 0.15) is 43.6 Å². The summed E-state index contributed by atoms with van der Waals surface area (Å²) in [5.74, 6) is -0.186. The van der Waals surface area contributed by atoms with E-state index in [1.54, 1.807) is 12.3 Å². The van der Waals surface area contributed by atoms with Gasteiger partial charge < -0.3 is 10.6 Å². The molecule has 2 rings (SSSR count). The predicted molar refractivity (Wildman–Crippen MR) is 84.7 cm³/mol. The standard InChI is InChI=1S/C17H22FN3/c1-4-16(19)17-10-9-13(11-20-17)21(3)12(2)14-7-5-6-8-15(14)18/h5-12,16H,4,19H2,1-3H3/t12?,16-/m0/s1. The van der Waals surface area contributed by atoms with E-state index >= 15 is 0 Å². The maximum atomic E-state index is 13.9. The zero-order valence-electron chi connectivity index (χ0n) is 12.8. The summed E-state index contributed by atoms with van der Waals surface area (Å²) >= 11 is 0. The van der Waals surface area contributed by atoms with Crippen LogP contribution >= 0.6 is 0 Å². The van der Waals surface area contributed by atoms with Crippen molar-refractivity contribution in [2.45, 2.75) is 32.4 Å². The molecule has 0 bridgehead atoms.